The molecular weight excluding hydrogens is 266 g/mol. The highest BCUT2D eigenvalue weighted by Crippen LogP contribution is 2.50. The molecule has 0 atom stereocenters. The van der Waals surface area contributed by atoms with Crippen molar-refractivity contribution in [1.82, 2.24) is 4.90 Å². The quantitative estimate of drug-likeness (QED) is 0.754. The van der Waals surface area contributed by atoms with E-state index in [0.717, 1.165) is 31.2 Å². The SMILES string of the molecule is CCOC(=O)CN(C(=O)C1(c2ccccc2)CC1)C1CC1. The Balaban J connectivity index is 1.77. The fourth-order valence-corrected chi connectivity index (χ4v) is 2.88. The van der Waals surface area contributed by atoms with Crippen LogP contribution in [0.3, 0.4) is 0 Å². The maximum atomic E-state index is 13.0. The molecule has 0 spiro atoms. The smallest absolute Gasteiger partial charge is 0.325 e. The molecule has 4 heteroatoms. The summed E-state index contributed by atoms with van der Waals surface area (Å²) in [6.45, 7) is 2.23. The highest BCUT2D eigenvalue weighted by Gasteiger charge is 2.55. The van der Waals surface area contributed by atoms with E-state index in [2.05, 4.69) is 0 Å². The first-order valence-corrected chi connectivity index (χ1v) is 7.69. The number of hydrogen-bond donors (Lipinski definition) is 0. The Bertz CT molecular complexity index is 532. The van der Waals surface area contributed by atoms with Crippen LogP contribution in [0.25, 0.3) is 0 Å². The van der Waals surface area contributed by atoms with Crippen molar-refractivity contribution in [2.24, 2.45) is 0 Å². The molecule has 2 fully saturated rings. The van der Waals surface area contributed by atoms with Crippen LogP contribution >= 0.6 is 0 Å². The van der Waals surface area contributed by atoms with Crippen molar-refractivity contribution < 1.29 is 14.3 Å². The fourth-order valence-electron chi connectivity index (χ4n) is 2.88. The number of ether oxygens (including phenoxy) is 1. The van der Waals surface area contributed by atoms with Crippen LogP contribution in [-0.4, -0.2) is 36.0 Å². The van der Waals surface area contributed by atoms with E-state index < -0.39 is 5.41 Å². The summed E-state index contributed by atoms with van der Waals surface area (Å²) in [7, 11) is 0. The van der Waals surface area contributed by atoms with E-state index in [-0.39, 0.29) is 24.5 Å². The molecule has 0 N–H and O–H groups in total. The van der Waals surface area contributed by atoms with Crippen molar-refractivity contribution in [3.05, 3.63) is 35.9 Å². The number of benzene rings is 1. The molecule has 0 aliphatic heterocycles. The summed E-state index contributed by atoms with van der Waals surface area (Å²) in [5.41, 5.74) is 0.681. The van der Waals surface area contributed by atoms with E-state index in [1.165, 1.54) is 0 Å². The third kappa shape index (κ3) is 2.80. The van der Waals surface area contributed by atoms with Crippen molar-refractivity contribution >= 4 is 11.9 Å². The molecule has 4 nitrogen and oxygen atoms in total. The zero-order chi connectivity index (χ0) is 14.9. The second kappa shape index (κ2) is 5.51. The van der Waals surface area contributed by atoms with Gasteiger partial charge < -0.3 is 9.64 Å². The standard InChI is InChI=1S/C17H21NO3/c1-2-21-15(19)12-18(14-8-9-14)16(20)17(10-11-17)13-6-4-3-5-7-13/h3-7,14H,2,8-12H2,1H3. The van der Waals surface area contributed by atoms with Crippen molar-refractivity contribution in [2.75, 3.05) is 13.2 Å². The number of amides is 1. The van der Waals surface area contributed by atoms with Crippen LogP contribution in [0.15, 0.2) is 30.3 Å². The minimum atomic E-state index is -0.393. The molecule has 2 saturated carbocycles. The van der Waals surface area contributed by atoms with Crippen molar-refractivity contribution in [3.63, 3.8) is 0 Å². The molecule has 0 aromatic heterocycles. The molecule has 0 unspecified atom stereocenters. The first-order chi connectivity index (χ1) is 10.2. The predicted octanol–water partition coefficient (Wildman–Crippen LogP) is 2.27. The van der Waals surface area contributed by atoms with Gasteiger partial charge in [-0.15, -0.1) is 0 Å². The summed E-state index contributed by atoms with van der Waals surface area (Å²) in [5.74, 6) is -0.203. The number of hydrogen-bond acceptors (Lipinski definition) is 3. The fraction of sp³-hybridized carbons (Fsp3) is 0.529. The van der Waals surface area contributed by atoms with Gasteiger partial charge in [0.1, 0.15) is 6.54 Å². The van der Waals surface area contributed by atoms with Crippen LogP contribution in [0.4, 0.5) is 0 Å². The number of esters is 1. The molecule has 112 valence electrons. The molecule has 2 aliphatic carbocycles. The average molecular weight is 287 g/mol. The van der Waals surface area contributed by atoms with Crippen molar-refractivity contribution in [3.8, 4) is 0 Å². The highest BCUT2D eigenvalue weighted by atomic mass is 16.5. The maximum Gasteiger partial charge on any atom is 0.325 e. The van der Waals surface area contributed by atoms with Crippen LogP contribution in [0.1, 0.15) is 38.2 Å². The Kier molecular flexibility index (Phi) is 3.70. The number of carbonyl (C=O) groups is 2. The summed E-state index contributed by atoms with van der Waals surface area (Å²) in [5, 5.41) is 0. The summed E-state index contributed by atoms with van der Waals surface area (Å²) < 4.78 is 5.01. The third-order valence-electron chi connectivity index (χ3n) is 4.34. The van der Waals surface area contributed by atoms with Crippen LogP contribution in [-0.2, 0) is 19.7 Å². The minimum absolute atomic E-state index is 0.0892. The van der Waals surface area contributed by atoms with E-state index in [0.29, 0.717) is 6.61 Å². The first-order valence-electron chi connectivity index (χ1n) is 7.69. The molecule has 0 heterocycles. The lowest BCUT2D eigenvalue weighted by atomic mass is 9.94. The largest absolute Gasteiger partial charge is 0.465 e. The lowest BCUT2D eigenvalue weighted by molar-refractivity contribution is -0.150. The number of rotatable bonds is 6. The highest BCUT2D eigenvalue weighted by molar-refractivity contribution is 5.93. The van der Waals surface area contributed by atoms with Gasteiger partial charge in [0.2, 0.25) is 5.91 Å². The molecule has 0 bridgehead atoms. The Morgan fingerprint density at radius 2 is 1.90 bits per heavy atom. The molecule has 1 aromatic carbocycles. The molecule has 3 rings (SSSR count). The van der Waals surface area contributed by atoms with E-state index >= 15 is 0 Å². The van der Waals surface area contributed by atoms with Gasteiger partial charge in [-0.1, -0.05) is 30.3 Å². The van der Waals surface area contributed by atoms with E-state index in [1.807, 2.05) is 30.3 Å². The Labute approximate surface area is 125 Å². The van der Waals surface area contributed by atoms with Gasteiger partial charge >= 0.3 is 5.97 Å². The molecule has 1 aromatic rings. The van der Waals surface area contributed by atoms with Crippen LogP contribution in [0.5, 0.6) is 0 Å². The monoisotopic (exact) mass is 287 g/mol. The first kappa shape index (κ1) is 14.1. The Hall–Kier alpha value is -1.84. The second-order valence-electron chi connectivity index (χ2n) is 5.92. The van der Waals surface area contributed by atoms with Crippen molar-refractivity contribution in [1.29, 1.82) is 0 Å². The number of carbonyl (C=O) groups excluding carboxylic acids is 2. The van der Waals surface area contributed by atoms with E-state index in [9.17, 15) is 9.59 Å². The maximum absolute atomic E-state index is 13.0. The minimum Gasteiger partial charge on any atom is -0.465 e. The zero-order valence-corrected chi connectivity index (χ0v) is 12.4. The zero-order valence-electron chi connectivity index (χ0n) is 12.4. The van der Waals surface area contributed by atoms with Crippen molar-refractivity contribution in [2.45, 2.75) is 44.1 Å². The molecule has 0 radical (unpaired) electrons. The second-order valence-corrected chi connectivity index (χ2v) is 5.92. The molecule has 1 amide bonds. The van der Waals surface area contributed by atoms with Gasteiger partial charge in [-0.2, -0.15) is 0 Å². The third-order valence-corrected chi connectivity index (χ3v) is 4.34. The Morgan fingerprint density at radius 1 is 1.24 bits per heavy atom. The molecule has 0 saturated heterocycles. The van der Waals surface area contributed by atoms with Gasteiger partial charge in [0, 0.05) is 6.04 Å². The molecule has 2 aliphatic rings. The lowest BCUT2D eigenvalue weighted by Gasteiger charge is -2.27. The van der Waals surface area contributed by atoms with Gasteiger partial charge in [0.15, 0.2) is 0 Å². The average Bonchev–Trinajstić information content (AvgIpc) is 3.39. The summed E-state index contributed by atoms with van der Waals surface area (Å²) in [6, 6.07) is 10.1. The van der Waals surface area contributed by atoms with Crippen LogP contribution < -0.4 is 0 Å². The van der Waals surface area contributed by atoms with Gasteiger partial charge in [-0.25, -0.2) is 0 Å². The normalized spacial score (nSPS) is 18.9. The van der Waals surface area contributed by atoms with E-state index in [4.69, 9.17) is 4.74 Å². The number of nitrogens with zero attached hydrogens (tertiary/aromatic N) is 1. The summed E-state index contributed by atoms with van der Waals surface area (Å²) in [4.78, 5) is 26.5. The topological polar surface area (TPSA) is 46.6 Å². The van der Waals surface area contributed by atoms with Crippen LogP contribution in [0.2, 0.25) is 0 Å². The predicted molar refractivity (Wildman–Crippen MR) is 78.7 cm³/mol. The van der Waals surface area contributed by atoms with Gasteiger partial charge in [0.25, 0.3) is 0 Å². The van der Waals surface area contributed by atoms with Gasteiger partial charge in [0.05, 0.1) is 12.0 Å². The van der Waals surface area contributed by atoms with E-state index in [1.54, 1.807) is 11.8 Å². The lowest BCUT2D eigenvalue weighted by Crippen LogP contribution is -2.44. The van der Waals surface area contributed by atoms with Crippen LogP contribution in [0, 0.1) is 0 Å². The Morgan fingerprint density at radius 3 is 2.43 bits per heavy atom. The molecule has 21 heavy (non-hydrogen) atoms. The van der Waals surface area contributed by atoms with Gasteiger partial charge in [-0.05, 0) is 38.2 Å². The van der Waals surface area contributed by atoms with Gasteiger partial charge in [-0.3, -0.25) is 9.59 Å². The summed E-state index contributed by atoms with van der Waals surface area (Å²) >= 11 is 0. The molecular formula is C17H21NO3. The summed E-state index contributed by atoms with van der Waals surface area (Å²) in [6.07, 6.45) is 3.75.